The molecular formula is C16H12Cl2N2. The quantitative estimate of drug-likeness (QED) is 0.850. The number of halogens is 2. The highest BCUT2D eigenvalue weighted by atomic mass is 35.5. The van der Waals surface area contributed by atoms with Crippen LogP contribution in [-0.4, -0.2) is 0 Å². The van der Waals surface area contributed by atoms with Crippen LogP contribution in [0.5, 0.6) is 0 Å². The van der Waals surface area contributed by atoms with Gasteiger partial charge in [0.2, 0.25) is 0 Å². The van der Waals surface area contributed by atoms with Gasteiger partial charge in [0.25, 0.3) is 0 Å². The van der Waals surface area contributed by atoms with Crippen LogP contribution >= 0.6 is 23.2 Å². The molecule has 0 saturated carbocycles. The van der Waals surface area contributed by atoms with Gasteiger partial charge in [-0.25, -0.2) is 0 Å². The fourth-order valence-corrected chi connectivity index (χ4v) is 3.00. The lowest BCUT2D eigenvalue weighted by molar-refractivity contribution is 0.762. The van der Waals surface area contributed by atoms with E-state index in [4.69, 9.17) is 28.5 Å². The van der Waals surface area contributed by atoms with Crippen molar-refractivity contribution in [1.29, 1.82) is 5.26 Å². The van der Waals surface area contributed by atoms with Gasteiger partial charge in [0, 0.05) is 5.02 Å². The normalized spacial score (nSPS) is 16.6. The number of nitriles is 1. The number of nitrogens with zero attached hydrogens (tertiary/aromatic N) is 1. The molecule has 2 aromatic rings. The summed E-state index contributed by atoms with van der Waals surface area (Å²) in [5.74, 6) is 0. The summed E-state index contributed by atoms with van der Waals surface area (Å²) < 4.78 is 0. The van der Waals surface area contributed by atoms with Crippen molar-refractivity contribution in [1.82, 2.24) is 0 Å². The maximum absolute atomic E-state index is 8.97. The molecule has 0 radical (unpaired) electrons. The summed E-state index contributed by atoms with van der Waals surface area (Å²) in [6.07, 6.45) is 2.01. The lowest BCUT2D eigenvalue weighted by Gasteiger charge is -2.17. The Kier molecular flexibility index (Phi) is 3.56. The predicted octanol–water partition coefficient (Wildman–Crippen LogP) is 4.96. The predicted molar refractivity (Wildman–Crippen MR) is 82.3 cm³/mol. The number of fused-ring (bicyclic) bond motifs is 1. The van der Waals surface area contributed by atoms with Crippen LogP contribution in [0, 0.1) is 11.3 Å². The number of aryl methyl sites for hydroxylation is 1. The number of rotatable bonds is 2. The second kappa shape index (κ2) is 5.36. The topological polar surface area (TPSA) is 35.8 Å². The molecule has 4 heteroatoms. The highest BCUT2D eigenvalue weighted by Crippen LogP contribution is 2.36. The van der Waals surface area contributed by atoms with E-state index in [9.17, 15) is 0 Å². The molecule has 100 valence electrons. The van der Waals surface area contributed by atoms with Crippen LogP contribution < -0.4 is 5.32 Å². The maximum Gasteiger partial charge on any atom is 0.0992 e. The molecule has 0 bridgehead atoms. The summed E-state index contributed by atoms with van der Waals surface area (Å²) >= 11 is 12.2. The summed E-state index contributed by atoms with van der Waals surface area (Å²) in [5, 5.41) is 13.8. The first kappa shape index (κ1) is 13.3. The van der Waals surface area contributed by atoms with E-state index in [2.05, 4.69) is 17.5 Å². The van der Waals surface area contributed by atoms with Crippen molar-refractivity contribution in [2.75, 3.05) is 5.32 Å². The van der Waals surface area contributed by atoms with E-state index in [1.807, 2.05) is 12.1 Å². The fraction of sp³-hybridized carbons (Fsp3) is 0.188. The van der Waals surface area contributed by atoms with Gasteiger partial charge in [0.05, 0.1) is 28.4 Å². The molecule has 0 aliphatic heterocycles. The lowest BCUT2D eigenvalue weighted by Crippen LogP contribution is -2.07. The van der Waals surface area contributed by atoms with E-state index in [-0.39, 0.29) is 6.04 Å². The monoisotopic (exact) mass is 302 g/mol. The number of hydrogen-bond donors (Lipinski definition) is 1. The van der Waals surface area contributed by atoms with Crippen LogP contribution in [0.15, 0.2) is 36.4 Å². The molecule has 1 aliphatic carbocycles. The van der Waals surface area contributed by atoms with Gasteiger partial charge in [0.15, 0.2) is 0 Å². The molecule has 0 fully saturated rings. The third kappa shape index (κ3) is 2.47. The van der Waals surface area contributed by atoms with Crippen LogP contribution in [0.3, 0.4) is 0 Å². The Balaban J connectivity index is 1.89. The third-order valence-electron chi connectivity index (χ3n) is 3.61. The molecule has 2 aromatic carbocycles. The van der Waals surface area contributed by atoms with E-state index in [1.165, 1.54) is 11.1 Å². The maximum atomic E-state index is 8.97. The third-order valence-corrected chi connectivity index (χ3v) is 4.17. The van der Waals surface area contributed by atoms with Crippen molar-refractivity contribution in [3.8, 4) is 6.07 Å². The molecule has 3 rings (SSSR count). The van der Waals surface area contributed by atoms with Crippen molar-refractivity contribution in [2.24, 2.45) is 0 Å². The second-order valence-corrected chi connectivity index (χ2v) is 5.73. The highest BCUT2D eigenvalue weighted by molar-refractivity contribution is 6.33. The fourth-order valence-electron chi connectivity index (χ4n) is 2.63. The van der Waals surface area contributed by atoms with Crippen molar-refractivity contribution in [2.45, 2.75) is 18.9 Å². The number of hydrogen-bond acceptors (Lipinski definition) is 2. The summed E-state index contributed by atoms with van der Waals surface area (Å²) in [4.78, 5) is 0. The zero-order valence-corrected chi connectivity index (χ0v) is 12.2. The van der Waals surface area contributed by atoms with Gasteiger partial charge in [0.1, 0.15) is 0 Å². The Morgan fingerprint density at radius 2 is 2.00 bits per heavy atom. The summed E-state index contributed by atoms with van der Waals surface area (Å²) in [7, 11) is 0. The Bertz CT molecular complexity index is 704. The van der Waals surface area contributed by atoms with Gasteiger partial charge in [-0.1, -0.05) is 29.3 Å². The van der Waals surface area contributed by atoms with Crippen LogP contribution in [0.1, 0.15) is 29.2 Å². The van der Waals surface area contributed by atoms with Gasteiger partial charge in [-0.2, -0.15) is 5.26 Å². The zero-order chi connectivity index (χ0) is 14.1. The van der Waals surface area contributed by atoms with Crippen molar-refractivity contribution >= 4 is 28.9 Å². The van der Waals surface area contributed by atoms with Gasteiger partial charge >= 0.3 is 0 Å². The molecular weight excluding hydrogens is 291 g/mol. The molecule has 20 heavy (non-hydrogen) atoms. The van der Waals surface area contributed by atoms with Gasteiger partial charge < -0.3 is 5.32 Å². The minimum absolute atomic E-state index is 0.216. The van der Waals surface area contributed by atoms with E-state index >= 15 is 0 Å². The standard InChI is InChI=1S/C16H12Cl2N2/c17-12-3-4-13-11(8-12)2-6-15(13)20-16-7-10(9-19)1-5-14(16)18/h1,3-5,7-8,15,20H,2,6H2. The van der Waals surface area contributed by atoms with Crippen LogP contribution in [0.4, 0.5) is 5.69 Å². The first-order valence-corrected chi connectivity index (χ1v) is 7.17. The molecule has 1 atom stereocenters. The molecule has 0 heterocycles. The van der Waals surface area contributed by atoms with Crippen LogP contribution in [0.25, 0.3) is 0 Å². The summed E-state index contributed by atoms with van der Waals surface area (Å²) in [5.41, 5.74) is 3.94. The van der Waals surface area contributed by atoms with Crippen LogP contribution in [0.2, 0.25) is 10.0 Å². The SMILES string of the molecule is N#Cc1ccc(Cl)c(NC2CCc3cc(Cl)ccc32)c1. The Labute approximate surface area is 127 Å². The molecule has 0 spiro atoms. The molecule has 2 nitrogen and oxygen atoms in total. The van der Waals surface area contributed by atoms with Gasteiger partial charge in [-0.15, -0.1) is 0 Å². The first-order chi connectivity index (χ1) is 9.67. The Morgan fingerprint density at radius 1 is 1.15 bits per heavy atom. The van der Waals surface area contributed by atoms with E-state index in [0.29, 0.717) is 10.6 Å². The molecule has 0 aromatic heterocycles. The minimum atomic E-state index is 0.216. The van der Waals surface area contributed by atoms with Crippen molar-refractivity contribution in [3.63, 3.8) is 0 Å². The highest BCUT2D eigenvalue weighted by Gasteiger charge is 2.23. The smallest absolute Gasteiger partial charge is 0.0992 e. The summed E-state index contributed by atoms with van der Waals surface area (Å²) in [6, 6.07) is 13.6. The lowest BCUT2D eigenvalue weighted by atomic mass is 10.1. The molecule has 1 aliphatic rings. The van der Waals surface area contributed by atoms with Gasteiger partial charge in [-0.3, -0.25) is 0 Å². The second-order valence-electron chi connectivity index (χ2n) is 4.89. The molecule has 1 N–H and O–H groups in total. The summed E-state index contributed by atoms with van der Waals surface area (Å²) in [6.45, 7) is 0. The molecule has 1 unspecified atom stereocenters. The average Bonchev–Trinajstić information content (AvgIpc) is 2.83. The molecule has 0 saturated heterocycles. The Hall–Kier alpha value is -1.69. The van der Waals surface area contributed by atoms with E-state index < -0.39 is 0 Å². The number of nitrogens with one attached hydrogen (secondary N) is 1. The number of anilines is 1. The van der Waals surface area contributed by atoms with E-state index in [1.54, 1.807) is 18.2 Å². The molecule has 0 amide bonds. The van der Waals surface area contributed by atoms with Gasteiger partial charge in [-0.05, 0) is 54.3 Å². The first-order valence-electron chi connectivity index (χ1n) is 6.42. The largest absolute Gasteiger partial charge is 0.377 e. The minimum Gasteiger partial charge on any atom is -0.377 e. The van der Waals surface area contributed by atoms with Crippen molar-refractivity contribution < 1.29 is 0 Å². The zero-order valence-electron chi connectivity index (χ0n) is 10.7. The number of benzene rings is 2. The van der Waals surface area contributed by atoms with Crippen molar-refractivity contribution in [3.05, 3.63) is 63.1 Å². The van der Waals surface area contributed by atoms with Crippen LogP contribution in [-0.2, 0) is 6.42 Å². The average molecular weight is 303 g/mol. The Morgan fingerprint density at radius 3 is 2.80 bits per heavy atom. The van der Waals surface area contributed by atoms with E-state index in [0.717, 1.165) is 23.6 Å².